The Labute approximate surface area is 59.5 Å². The third-order valence-corrected chi connectivity index (χ3v) is 2.71. The molecule has 1 aliphatic rings. The molecule has 0 aromatic carbocycles. The van der Waals surface area contributed by atoms with E-state index in [1.807, 2.05) is 6.92 Å². The average molecular weight is 142 g/mol. The molecule has 0 saturated heterocycles. The molecule has 0 N–H and O–H groups in total. The number of hydrogen-bond acceptors (Lipinski definition) is 2. The van der Waals surface area contributed by atoms with Gasteiger partial charge in [-0.3, -0.25) is 0 Å². The molecule has 0 amide bonds. The largest absolute Gasteiger partial charge is 0.302 e. The second kappa shape index (κ2) is 2.18. The van der Waals surface area contributed by atoms with E-state index in [-0.39, 0.29) is 4.75 Å². The molecule has 0 saturated carbocycles. The van der Waals surface area contributed by atoms with E-state index in [4.69, 9.17) is 0 Å². The monoisotopic (exact) mass is 142 g/mol. The maximum absolute atomic E-state index is 10.4. The molecule has 0 aromatic heterocycles. The third-order valence-electron chi connectivity index (χ3n) is 1.41. The molecule has 0 fully saturated rings. The molecule has 50 valence electrons. The van der Waals surface area contributed by atoms with Gasteiger partial charge in [-0.15, -0.1) is 11.8 Å². The summed E-state index contributed by atoms with van der Waals surface area (Å²) in [5, 5.41) is 2.06. The zero-order valence-electron chi connectivity index (χ0n) is 5.68. The normalized spacial score (nSPS) is 34.2. The zero-order chi connectivity index (χ0) is 6.91. The third kappa shape index (κ3) is 1.36. The van der Waals surface area contributed by atoms with Gasteiger partial charge in [-0.25, -0.2) is 0 Å². The summed E-state index contributed by atoms with van der Waals surface area (Å²) in [6.07, 6.45) is 1.95. The minimum absolute atomic E-state index is 0.149. The second-order valence-corrected chi connectivity index (χ2v) is 4.09. The van der Waals surface area contributed by atoms with Crippen molar-refractivity contribution in [1.29, 1.82) is 0 Å². The smallest absolute Gasteiger partial charge is 0.136 e. The van der Waals surface area contributed by atoms with Crippen LogP contribution in [0.1, 0.15) is 20.3 Å². The highest BCUT2D eigenvalue weighted by atomic mass is 32.2. The van der Waals surface area contributed by atoms with E-state index in [0.717, 1.165) is 12.7 Å². The molecule has 0 bridgehead atoms. The highest BCUT2D eigenvalue weighted by Crippen LogP contribution is 2.38. The van der Waals surface area contributed by atoms with Crippen molar-refractivity contribution in [2.75, 3.05) is 0 Å². The Hall–Kier alpha value is -0.240. The fraction of sp³-hybridized carbons (Fsp3) is 0.571. The summed E-state index contributed by atoms with van der Waals surface area (Å²) in [4.78, 5) is 10.4. The Morgan fingerprint density at radius 1 is 1.89 bits per heavy atom. The fourth-order valence-corrected chi connectivity index (χ4v) is 1.86. The van der Waals surface area contributed by atoms with Gasteiger partial charge in [-0.05, 0) is 25.7 Å². The van der Waals surface area contributed by atoms with E-state index in [1.165, 1.54) is 5.57 Å². The van der Waals surface area contributed by atoms with Crippen molar-refractivity contribution >= 4 is 18.0 Å². The first-order valence-electron chi connectivity index (χ1n) is 2.96. The fourth-order valence-electron chi connectivity index (χ4n) is 0.942. The van der Waals surface area contributed by atoms with Crippen LogP contribution in [0.25, 0.3) is 0 Å². The number of carbonyl (C=O) groups excluding carboxylic acids is 1. The molecule has 9 heavy (non-hydrogen) atoms. The van der Waals surface area contributed by atoms with E-state index in [9.17, 15) is 4.79 Å². The molecular formula is C7H10OS. The van der Waals surface area contributed by atoms with Gasteiger partial charge in [0.15, 0.2) is 0 Å². The van der Waals surface area contributed by atoms with E-state index in [2.05, 4.69) is 12.3 Å². The summed E-state index contributed by atoms with van der Waals surface area (Å²) in [5.41, 5.74) is 1.31. The Bertz CT molecular complexity index is 162. The second-order valence-electron chi connectivity index (χ2n) is 2.69. The van der Waals surface area contributed by atoms with Crippen LogP contribution in [0.5, 0.6) is 0 Å². The molecule has 1 heterocycles. The van der Waals surface area contributed by atoms with Crippen LogP contribution < -0.4 is 0 Å². The highest BCUT2D eigenvalue weighted by molar-refractivity contribution is 8.04. The van der Waals surface area contributed by atoms with Gasteiger partial charge in [0.25, 0.3) is 0 Å². The van der Waals surface area contributed by atoms with Crippen molar-refractivity contribution in [3.05, 3.63) is 11.0 Å². The van der Waals surface area contributed by atoms with E-state index in [0.29, 0.717) is 0 Å². The predicted octanol–water partition coefficient (Wildman–Crippen LogP) is 1.98. The maximum atomic E-state index is 10.4. The maximum Gasteiger partial charge on any atom is 0.136 e. The van der Waals surface area contributed by atoms with Crippen molar-refractivity contribution in [2.45, 2.75) is 25.0 Å². The van der Waals surface area contributed by atoms with Crippen molar-refractivity contribution in [3.8, 4) is 0 Å². The number of hydrogen-bond donors (Lipinski definition) is 0. The van der Waals surface area contributed by atoms with Gasteiger partial charge in [0.2, 0.25) is 0 Å². The molecule has 1 nitrogen and oxygen atoms in total. The van der Waals surface area contributed by atoms with Crippen molar-refractivity contribution in [2.24, 2.45) is 0 Å². The number of aldehydes is 1. The standard InChI is InChI=1S/C7H10OS/c1-6-3-7(2,5-8)9-4-6/h4-5H,3H2,1-2H3. The molecule has 2 heteroatoms. The molecule has 0 radical (unpaired) electrons. The van der Waals surface area contributed by atoms with Gasteiger partial charge in [0.1, 0.15) is 6.29 Å². The number of rotatable bonds is 1. The Morgan fingerprint density at radius 2 is 2.56 bits per heavy atom. The van der Waals surface area contributed by atoms with Crippen LogP contribution in [0.4, 0.5) is 0 Å². The Balaban J connectivity index is 2.63. The molecule has 0 aliphatic carbocycles. The van der Waals surface area contributed by atoms with Crippen molar-refractivity contribution < 1.29 is 4.79 Å². The van der Waals surface area contributed by atoms with E-state index in [1.54, 1.807) is 11.8 Å². The van der Waals surface area contributed by atoms with Gasteiger partial charge in [-0.2, -0.15) is 0 Å². The summed E-state index contributed by atoms with van der Waals surface area (Å²) in [6.45, 7) is 4.03. The Morgan fingerprint density at radius 3 is 2.78 bits per heavy atom. The summed E-state index contributed by atoms with van der Waals surface area (Å²) in [5.74, 6) is 0. The average Bonchev–Trinajstić information content (AvgIpc) is 2.13. The van der Waals surface area contributed by atoms with Crippen LogP contribution >= 0.6 is 11.8 Å². The van der Waals surface area contributed by atoms with Crippen LogP contribution in [-0.2, 0) is 4.79 Å². The summed E-state index contributed by atoms with van der Waals surface area (Å²) in [6, 6.07) is 0. The van der Waals surface area contributed by atoms with Crippen molar-refractivity contribution in [1.82, 2.24) is 0 Å². The van der Waals surface area contributed by atoms with E-state index < -0.39 is 0 Å². The first-order valence-corrected chi connectivity index (χ1v) is 3.84. The molecule has 1 rings (SSSR count). The van der Waals surface area contributed by atoms with Crippen LogP contribution in [0, 0.1) is 0 Å². The molecule has 1 aliphatic heterocycles. The van der Waals surface area contributed by atoms with Crippen LogP contribution in [0.2, 0.25) is 0 Å². The quantitative estimate of drug-likeness (QED) is 0.521. The minimum Gasteiger partial charge on any atom is -0.302 e. The predicted molar refractivity (Wildman–Crippen MR) is 40.4 cm³/mol. The number of carbonyl (C=O) groups is 1. The number of thioether (sulfide) groups is 1. The molecule has 1 unspecified atom stereocenters. The number of allylic oxidation sites excluding steroid dienone is 1. The van der Waals surface area contributed by atoms with Gasteiger partial charge < -0.3 is 4.79 Å². The lowest BCUT2D eigenvalue weighted by molar-refractivity contribution is -0.109. The van der Waals surface area contributed by atoms with Gasteiger partial charge >= 0.3 is 0 Å². The Kier molecular flexibility index (Phi) is 1.66. The lowest BCUT2D eigenvalue weighted by Crippen LogP contribution is -2.17. The highest BCUT2D eigenvalue weighted by Gasteiger charge is 2.27. The van der Waals surface area contributed by atoms with Crippen molar-refractivity contribution in [3.63, 3.8) is 0 Å². The van der Waals surface area contributed by atoms with Crippen LogP contribution in [0.15, 0.2) is 11.0 Å². The van der Waals surface area contributed by atoms with Gasteiger partial charge in [0, 0.05) is 0 Å². The van der Waals surface area contributed by atoms with Gasteiger partial charge in [-0.1, -0.05) is 5.57 Å². The SMILES string of the molecule is CC1=CSC(C)(C=O)C1. The lowest BCUT2D eigenvalue weighted by Gasteiger charge is -2.12. The van der Waals surface area contributed by atoms with Crippen LogP contribution in [-0.4, -0.2) is 11.0 Å². The topological polar surface area (TPSA) is 17.1 Å². The molecule has 0 aromatic rings. The lowest BCUT2D eigenvalue weighted by atomic mass is 10.1. The first-order chi connectivity index (χ1) is 4.16. The zero-order valence-corrected chi connectivity index (χ0v) is 6.49. The first kappa shape index (κ1) is 6.87. The summed E-state index contributed by atoms with van der Waals surface area (Å²) in [7, 11) is 0. The molecule has 0 spiro atoms. The summed E-state index contributed by atoms with van der Waals surface area (Å²) >= 11 is 1.62. The van der Waals surface area contributed by atoms with Gasteiger partial charge in [0.05, 0.1) is 4.75 Å². The summed E-state index contributed by atoms with van der Waals surface area (Å²) < 4.78 is -0.149. The molecular weight excluding hydrogens is 132 g/mol. The minimum atomic E-state index is -0.149. The molecule has 1 atom stereocenters. The van der Waals surface area contributed by atoms with Crippen LogP contribution in [0.3, 0.4) is 0 Å². The van der Waals surface area contributed by atoms with E-state index >= 15 is 0 Å².